The van der Waals surface area contributed by atoms with E-state index in [-0.39, 0.29) is 17.2 Å². The Morgan fingerprint density at radius 2 is 2.17 bits per heavy atom. The average molecular weight is 428 g/mol. The molecule has 1 aromatic carbocycles. The van der Waals surface area contributed by atoms with Crippen LogP contribution in [0.2, 0.25) is 0 Å². The first-order valence-corrected chi connectivity index (χ1v) is 10.1. The summed E-state index contributed by atoms with van der Waals surface area (Å²) >= 11 is 6.30. The number of carbonyl (C=O) groups is 1. The Kier molecular flexibility index (Phi) is 7.39. The molecule has 128 valence electrons. The number of benzene rings is 1. The first kappa shape index (κ1) is 19.1. The molecule has 1 aromatic heterocycles. The van der Waals surface area contributed by atoms with Gasteiger partial charge in [0.15, 0.2) is 5.16 Å². The van der Waals surface area contributed by atoms with E-state index in [9.17, 15) is 9.59 Å². The minimum absolute atomic E-state index is 0.150. The van der Waals surface area contributed by atoms with Crippen LogP contribution in [0, 0.1) is 0 Å². The quantitative estimate of drug-likeness (QED) is 0.517. The highest BCUT2D eigenvalue weighted by Gasteiger charge is 2.08. The molecule has 8 heteroatoms. The van der Waals surface area contributed by atoms with E-state index in [0.717, 1.165) is 15.9 Å². The lowest BCUT2D eigenvalue weighted by Crippen LogP contribution is -2.15. The maximum absolute atomic E-state index is 12.0. The lowest BCUT2D eigenvalue weighted by atomic mass is 10.3. The zero-order valence-corrected chi connectivity index (χ0v) is 16.6. The summed E-state index contributed by atoms with van der Waals surface area (Å²) < 4.78 is 0.898. The maximum Gasteiger partial charge on any atom is 0.251 e. The third-order valence-electron chi connectivity index (χ3n) is 2.79. The van der Waals surface area contributed by atoms with Crippen LogP contribution in [0.1, 0.15) is 19.5 Å². The van der Waals surface area contributed by atoms with Gasteiger partial charge in [-0.25, -0.2) is 4.98 Å². The number of hydrogen-bond acceptors (Lipinski definition) is 5. The van der Waals surface area contributed by atoms with Crippen molar-refractivity contribution in [3.05, 3.63) is 50.9 Å². The number of halogens is 1. The number of nitrogens with zero attached hydrogens (tertiary/aromatic N) is 1. The second kappa shape index (κ2) is 9.29. The van der Waals surface area contributed by atoms with Crippen LogP contribution >= 0.6 is 39.5 Å². The number of hydrogen-bond donors (Lipinski definition) is 2. The lowest BCUT2D eigenvalue weighted by molar-refractivity contribution is -0.113. The zero-order chi connectivity index (χ0) is 17.5. The van der Waals surface area contributed by atoms with E-state index in [4.69, 9.17) is 0 Å². The number of carbonyl (C=O) groups excluding carboxylic acids is 1. The molecule has 0 bridgehead atoms. The summed E-state index contributed by atoms with van der Waals surface area (Å²) in [6.45, 7) is 4.19. The summed E-state index contributed by atoms with van der Waals surface area (Å²) in [6, 6.07) is 8.88. The van der Waals surface area contributed by atoms with Gasteiger partial charge in [-0.05, 0) is 23.4 Å². The largest absolute Gasteiger partial charge is 0.325 e. The molecule has 0 atom stereocenters. The Hall–Kier alpha value is -1.25. The Balaban J connectivity index is 1.93. The monoisotopic (exact) mass is 427 g/mol. The fourth-order valence-corrected chi connectivity index (χ4v) is 3.52. The van der Waals surface area contributed by atoms with E-state index in [2.05, 4.69) is 45.1 Å². The molecule has 1 heterocycles. The van der Waals surface area contributed by atoms with Crippen LogP contribution in [0.15, 0.2) is 44.8 Å². The number of rotatable bonds is 7. The molecule has 0 spiro atoms. The standard InChI is InChI=1S/C16H18BrN3O2S2/c1-10(2)23-8-13-7-14(21)20-16(19-13)24-9-15(22)18-12-5-3-4-11(17)6-12/h3-7,10H,8-9H2,1-2H3,(H,18,22)(H,19,20,21). The molecule has 2 N–H and O–H groups in total. The molecule has 0 radical (unpaired) electrons. The molecule has 5 nitrogen and oxygen atoms in total. The second-order valence-electron chi connectivity index (χ2n) is 5.25. The topological polar surface area (TPSA) is 74.8 Å². The smallest absolute Gasteiger partial charge is 0.251 e. The highest BCUT2D eigenvalue weighted by atomic mass is 79.9. The number of aromatic amines is 1. The second-order valence-corrected chi connectivity index (χ2v) is 8.69. The van der Waals surface area contributed by atoms with Crippen LogP contribution < -0.4 is 10.9 Å². The van der Waals surface area contributed by atoms with Gasteiger partial charge in [0.1, 0.15) is 0 Å². The van der Waals surface area contributed by atoms with Gasteiger partial charge in [0.05, 0.1) is 11.4 Å². The highest BCUT2D eigenvalue weighted by Crippen LogP contribution is 2.19. The van der Waals surface area contributed by atoms with Crippen LogP contribution in [0.5, 0.6) is 0 Å². The van der Waals surface area contributed by atoms with Crippen molar-refractivity contribution in [1.29, 1.82) is 0 Å². The van der Waals surface area contributed by atoms with E-state index < -0.39 is 0 Å². The number of amides is 1. The van der Waals surface area contributed by atoms with Crippen LogP contribution in [0.25, 0.3) is 0 Å². The molecule has 0 aliphatic carbocycles. The van der Waals surface area contributed by atoms with E-state index in [1.165, 1.54) is 17.8 Å². The van der Waals surface area contributed by atoms with Crippen molar-refractivity contribution in [2.75, 3.05) is 11.1 Å². The lowest BCUT2D eigenvalue weighted by Gasteiger charge is -2.07. The van der Waals surface area contributed by atoms with Crippen molar-refractivity contribution in [3.63, 3.8) is 0 Å². The first-order valence-electron chi connectivity index (χ1n) is 7.32. The van der Waals surface area contributed by atoms with Gasteiger partial charge in [-0.3, -0.25) is 9.59 Å². The Morgan fingerprint density at radius 3 is 2.88 bits per heavy atom. The minimum Gasteiger partial charge on any atom is -0.325 e. The molecule has 2 aromatic rings. The minimum atomic E-state index is -0.195. The van der Waals surface area contributed by atoms with Crippen LogP contribution in [0.3, 0.4) is 0 Å². The number of nitrogens with one attached hydrogen (secondary N) is 2. The number of aromatic nitrogens is 2. The Morgan fingerprint density at radius 1 is 1.38 bits per heavy atom. The zero-order valence-electron chi connectivity index (χ0n) is 13.3. The molecule has 1 amide bonds. The highest BCUT2D eigenvalue weighted by molar-refractivity contribution is 9.10. The first-order chi connectivity index (χ1) is 11.4. The number of anilines is 1. The summed E-state index contributed by atoms with van der Waals surface area (Å²) in [4.78, 5) is 30.8. The summed E-state index contributed by atoms with van der Waals surface area (Å²) in [5.41, 5.74) is 1.25. The molecule has 0 unspecified atom stereocenters. The normalized spacial score (nSPS) is 10.8. The SMILES string of the molecule is CC(C)SCc1cc(=O)[nH]c(SCC(=O)Nc2cccc(Br)c2)n1. The predicted molar refractivity (Wildman–Crippen MR) is 105 cm³/mol. The van der Waals surface area contributed by atoms with Gasteiger partial charge < -0.3 is 10.3 Å². The molecular weight excluding hydrogens is 410 g/mol. The van der Waals surface area contributed by atoms with Crippen LogP contribution in [0.4, 0.5) is 5.69 Å². The molecule has 0 aliphatic rings. The van der Waals surface area contributed by atoms with Crippen molar-refractivity contribution in [2.24, 2.45) is 0 Å². The van der Waals surface area contributed by atoms with E-state index in [0.29, 0.717) is 16.2 Å². The van der Waals surface area contributed by atoms with E-state index in [1.807, 2.05) is 24.3 Å². The van der Waals surface area contributed by atoms with Crippen molar-refractivity contribution in [1.82, 2.24) is 9.97 Å². The van der Waals surface area contributed by atoms with Gasteiger partial charge in [0, 0.05) is 22.0 Å². The Bertz CT molecular complexity index is 765. The molecule has 0 saturated heterocycles. The van der Waals surface area contributed by atoms with E-state index in [1.54, 1.807) is 11.8 Å². The van der Waals surface area contributed by atoms with Crippen LogP contribution in [-0.2, 0) is 10.5 Å². The molecule has 24 heavy (non-hydrogen) atoms. The predicted octanol–water partition coefficient (Wildman–Crippen LogP) is 3.90. The molecule has 2 rings (SSSR count). The summed E-state index contributed by atoms with van der Waals surface area (Å²) in [6.07, 6.45) is 0. The molecule has 0 aliphatic heterocycles. The third-order valence-corrected chi connectivity index (χ3v) is 5.28. The van der Waals surface area contributed by atoms with E-state index >= 15 is 0 Å². The van der Waals surface area contributed by atoms with Gasteiger partial charge in [0.25, 0.3) is 5.56 Å². The molecule has 0 fully saturated rings. The summed E-state index contributed by atoms with van der Waals surface area (Å²) in [7, 11) is 0. The third kappa shape index (κ3) is 6.70. The van der Waals surface area contributed by atoms with Crippen molar-refractivity contribution < 1.29 is 4.79 Å². The van der Waals surface area contributed by atoms with Gasteiger partial charge in [-0.2, -0.15) is 11.8 Å². The molecule has 0 saturated carbocycles. The number of H-pyrrole nitrogens is 1. The fraction of sp³-hybridized carbons (Fsp3) is 0.312. The van der Waals surface area contributed by atoms with Crippen molar-refractivity contribution >= 4 is 51.0 Å². The van der Waals surface area contributed by atoms with Gasteiger partial charge in [-0.15, -0.1) is 0 Å². The van der Waals surface area contributed by atoms with Gasteiger partial charge >= 0.3 is 0 Å². The van der Waals surface area contributed by atoms with Gasteiger partial charge in [0.2, 0.25) is 5.91 Å². The van der Waals surface area contributed by atoms with Crippen molar-refractivity contribution in [3.8, 4) is 0 Å². The average Bonchev–Trinajstić information content (AvgIpc) is 2.50. The van der Waals surface area contributed by atoms with Crippen LogP contribution in [-0.4, -0.2) is 26.9 Å². The summed E-state index contributed by atoms with van der Waals surface area (Å²) in [5.74, 6) is 0.706. The number of thioether (sulfide) groups is 2. The fourth-order valence-electron chi connectivity index (χ4n) is 1.78. The summed E-state index contributed by atoms with van der Waals surface area (Å²) in [5, 5.41) is 3.74. The maximum atomic E-state index is 12.0. The van der Waals surface area contributed by atoms with Crippen molar-refractivity contribution in [2.45, 2.75) is 30.0 Å². The Labute approximate surface area is 157 Å². The molecular formula is C16H18BrN3O2S2. The van der Waals surface area contributed by atoms with Gasteiger partial charge in [-0.1, -0.05) is 47.6 Å².